The Balaban J connectivity index is 2.12. The molecule has 0 saturated heterocycles. The van der Waals surface area contributed by atoms with Crippen LogP contribution in [-0.2, 0) is 16.0 Å². The highest BCUT2D eigenvalue weighted by molar-refractivity contribution is 9.10. The van der Waals surface area contributed by atoms with Crippen LogP contribution in [0.5, 0.6) is 5.75 Å². The van der Waals surface area contributed by atoms with E-state index in [1.165, 1.54) is 0 Å². The summed E-state index contributed by atoms with van der Waals surface area (Å²) in [6.45, 7) is 4.56. The Morgan fingerprint density at radius 1 is 1.17 bits per heavy atom. The third-order valence-corrected chi connectivity index (χ3v) is 5.32. The molecule has 0 spiro atoms. The van der Waals surface area contributed by atoms with Crippen LogP contribution in [0, 0.1) is 0 Å². The van der Waals surface area contributed by atoms with Crippen LogP contribution in [0.3, 0.4) is 0 Å². The molecule has 156 valence electrons. The van der Waals surface area contributed by atoms with Crippen LogP contribution < -0.4 is 10.1 Å². The zero-order valence-corrected chi connectivity index (χ0v) is 19.0. The van der Waals surface area contributed by atoms with E-state index in [0.717, 1.165) is 5.56 Å². The standard InChI is InChI=1S/C22H26BrClN2O3/c1-3-19(22(28)25-4-2)26(13-12-16-8-6-5-7-9-16)21(27)15-29-20-11-10-17(24)14-18(20)23/h5-11,14,19H,3-4,12-13,15H2,1-2H3,(H,25,28)/t19-/m0/s1. The van der Waals surface area contributed by atoms with Crippen molar-refractivity contribution >= 4 is 39.3 Å². The van der Waals surface area contributed by atoms with Gasteiger partial charge in [0.2, 0.25) is 5.91 Å². The molecule has 29 heavy (non-hydrogen) atoms. The van der Waals surface area contributed by atoms with Crippen LogP contribution in [0.1, 0.15) is 25.8 Å². The predicted molar refractivity (Wildman–Crippen MR) is 119 cm³/mol. The number of halogens is 2. The summed E-state index contributed by atoms with van der Waals surface area (Å²) in [5.74, 6) is 0.141. The van der Waals surface area contributed by atoms with Gasteiger partial charge in [-0.3, -0.25) is 9.59 Å². The summed E-state index contributed by atoms with van der Waals surface area (Å²) >= 11 is 9.33. The maximum Gasteiger partial charge on any atom is 0.261 e. The molecule has 2 aromatic rings. The van der Waals surface area contributed by atoms with Crippen molar-refractivity contribution in [1.29, 1.82) is 0 Å². The highest BCUT2D eigenvalue weighted by Gasteiger charge is 2.28. The van der Waals surface area contributed by atoms with Gasteiger partial charge in [-0.15, -0.1) is 0 Å². The van der Waals surface area contributed by atoms with Gasteiger partial charge in [-0.05, 0) is 59.5 Å². The second-order valence-electron chi connectivity index (χ2n) is 6.50. The Morgan fingerprint density at radius 3 is 2.52 bits per heavy atom. The number of rotatable bonds is 10. The third-order valence-electron chi connectivity index (χ3n) is 4.47. The fourth-order valence-electron chi connectivity index (χ4n) is 3.00. The molecule has 0 aliphatic rings. The van der Waals surface area contributed by atoms with Gasteiger partial charge in [0.05, 0.1) is 4.47 Å². The average Bonchev–Trinajstić information content (AvgIpc) is 2.71. The quantitative estimate of drug-likeness (QED) is 0.545. The van der Waals surface area contributed by atoms with Gasteiger partial charge in [-0.1, -0.05) is 48.9 Å². The zero-order chi connectivity index (χ0) is 21.2. The minimum atomic E-state index is -0.538. The Bertz CT molecular complexity index is 817. The first-order valence-corrected chi connectivity index (χ1v) is 10.8. The molecule has 0 aliphatic heterocycles. The summed E-state index contributed by atoms with van der Waals surface area (Å²) in [6.07, 6.45) is 1.18. The molecule has 2 aromatic carbocycles. The van der Waals surface area contributed by atoms with Crippen molar-refractivity contribution in [2.75, 3.05) is 19.7 Å². The van der Waals surface area contributed by atoms with Gasteiger partial charge in [0.1, 0.15) is 11.8 Å². The topological polar surface area (TPSA) is 58.6 Å². The Hall–Kier alpha value is -2.05. The number of carbonyl (C=O) groups excluding carboxylic acids is 2. The lowest BCUT2D eigenvalue weighted by atomic mass is 10.1. The van der Waals surface area contributed by atoms with Gasteiger partial charge in [-0.25, -0.2) is 0 Å². The highest BCUT2D eigenvalue weighted by Crippen LogP contribution is 2.28. The Morgan fingerprint density at radius 2 is 1.90 bits per heavy atom. The van der Waals surface area contributed by atoms with Crippen LogP contribution >= 0.6 is 27.5 Å². The second-order valence-corrected chi connectivity index (χ2v) is 7.80. The van der Waals surface area contributed by atoms with E-state index in [9.17, 15) is 9.59 Å². The van der Waals surface area contributed by atoms with E-state index in [4.69, 9.17) is 16.3 Å². The average molecular weight is 482 g/mol. The minimum Gasteiger partial charge on any atom is -0.483 e. The van der Waals surface area contributed by atoms with E-state index in [1.54, 1.807) is 23.1 Å². The van der Waals surface area contributed by atoms with E-state index in [-0.39, 0.29) is 18.4 Å². The van der Waals surface area contributed by atoms with Crippen molar-refractivity contribution < 1.29 is 14.3 Å². The summed E-state index contributed by atoms with van der Waals surface area (Å²) in [6, 6.07) is 14.5. The van der Waals surface area contributed by atoms with E-state index < -0.39 is 6.04 Å². The summed E-state index contributed by atoms with van der Waals surface area (Å²) in [5, 5.41) is 3.40. The maximum atomic E-state index is 13.0. The second kappa shape index (κ2) is 11.8. The van der Waals surface area contributed by atoms with Crippen LogP contribution in [0.2, 0.25) is 5.02 Å². The van der Waals surface area contributed by atoms with E-state index in [0.29, 0.717) is 41.2 Å². The molecule has 0 aromatic heterocycles. The van der Waals surface area contributed by atoms with Crippen LogP contribution in [0.4, 0.5) is 0 Å². The summed E-state index contributed by atoms with van der Waals surface area (Å²) in [4.78, 5) is 27.1. The number of nitrogens with zero attached hydrogens (tertiary/aromatic N) is 1. The first kappa shape index (κ1) is 23.2. The molecule has 7 heteroatoms. The van der Waals surface area contributed by atoms with Crippen molar-refractivity contribution in [2.45, 2.75) is 32.7 Å². The van der Waals surface area contributed by atoms with E-state index in [1.807, 2.05) is 44.2 Å². The Labute approximate surface area is 185 Å². The molecule has 0 aliphatic carbocycles. The molecule has 0 saturated carbocycles. The SMILES string of the molecule is CCNC(=O)[C@H](CC)N(CCc1ccccc1)C(=O)COc1ccc(Cl)cc1Br. The molecule has 1 N–H and O–H groups in total. The first-order valence-electron chi connectivity index (χ1n) is 9.65. The molecular formula is C22H26BrClN2O3. The van der Waals surface area contributed by atoms with Gasteiger partial charge < -0.3 is 15.0 Å². The molecule has 0 bridgehead atoms. The highest BCUT2D eigenvalue weighted by atomic mass is 79.9. The predicted octanol–water partition coefficient (Wildman–Crippen LogP) is 4.47. The van der Waals surface area contributed by atoms with Crippen LogP contribution in [-0.4, -0.2) is 42.5 Å². The number of nitrogens with one attached hydrogen (secondary N) is 1. The lowest BCUT2D eigenvalue weighted by Crippen LogP contribution is -2.51. The van der Waals surface area contributed by atoms with Gasteiger partial charge >= 0.3 is 0 Å². The lowest BCUT2D eigenvalue weighted by Gasteiger charge is -2.30. The largest absolute Gasteiger partial charge is 0.483 e. The van der Waals surface area contributed by atoms with Gasteiger partial charge in [0, 0.05) is 18.1 Å². The van der Waals surface area contributed by atoms with Crippen molar-refractivity contribution in [3.63, 3.8) is 0 Å². The maximum absolute atomic E-state index is 13.0. The monoisotopic (exact) mass is 480 g/mol. The van der Waals surface area contributed by atoms with Gasteiger partial charge in [0.15, 0.2) is 6.61 Å². The van der Waals surface area contributed by atoms with Crippen LogP contribution in [0.25, 0.3) is 0 Å². The summed E-state index contributed by atoms with van der Waals surface area (Å²) in [7, 11) is 0. The summed E-state index contributed by atoms with van der Waals surface area (Å²) in [5.41, 5.74) is 1.11. The number of benzene rings is 2. The summed E-state index contributed by atoms with van der Waals surface area (Å²) < 4.78 is 6.36. The van der Waals surface area contributed by atoms with Crippen molar-refractivity contribution in [3.8, 4) is 5.75 Å². The molecule has 0 heterocycles. The van der Waals surface area contributed by atoms with Crippen molar-refractivity contribution in [3.05, 3.63) is 63.6 Å². The molecule has 0 fully saturated rings. The number of amides is 2. The normalized spacial score (nSPS) is 11.6. The molecule has 1 atom stereocenters. The van der Waals surface area contributed by atoms with Crippen molar-refractivity contribution in [1.82, 2.24) is 10.2 Å². The smallest absolute Gasteiger partial charge is 0.261 e. The minimum absolute atomic E-state index is 0.149. The molecule has 5 nitrogen and oxygen atoms in total. The lowest BCUT2D eigenvalue weighted by molar-refractivity contribution is -0.142. The van der Waals surface area contributed by atoms with Gasteiger partial charge in [0.25, 0.3) is 5.91 Å². The van der Waals surface area contributed by atoms with Crippen LogP contribution in [0.15, 0.2) is 53.0 Å². The molecular weight excluding hydrogens is 456 g/mol. The number of likely N-dealkylation sites (N-methyl/N-ethyl adjacent to an activating group) is 1. The molecule has 0 radical (unpaired) electrons. The van der Waals surface area contributed by atoms with Crippen molar-refractivity contribution in [2.24, 2.45) is 0 Å². The van der Waals surface area contributed by atoms with E-state index in [2.05, 4.69) is 21.2 Å². The molecule has 0 unspecified atom stereocenters. The first-order chi connectivity index (χ1) is 14.0. The number of hydrogen-bond donors (Lipinski definition) is 1. The third kappa shape index (κ3) is 7.05. The number of ether oxygens (including phenoxy) is 1. The van der Waals surface area contributed by atoms with Gasteiger partial charge in [-0.2, -0.15) is 0 Å². The zero-order valence-electron chi connectivity index (χ0n) is 16.7. The fraction of sp³-hybridized carbons (Fsp3) is 0.364. The molecule has 2 rings (SSSR count). The fourth-order valence-corrected chi connectivity index (χ4v) is 3.80. The molecule has 2 amide bonds. The Kier molecular flexibility index (Phi) is 9.48. The number of carbonyl (C=O) groups is 2. The van der Waals surface area contributed by atoms with E-state index >= 15 is 0 Å². The number of hydrogen-bond acceptors (Lipinski definition) is 3.